The van der Waals surface area contributed by atoms with Crippen LogP contribution in [0.25, 0.3) is 0 Å². The van der Waals surface area contributed by atoms with E-state index < -0.39 is 23.3 Å². The topological polar surface area (TPSA) is 47.3 Å². The largest absolute Gasteiger partial charge is 0.494 e. The minimum absolute atomic E-state index is 0.00782. The zero-order valence-electron chi connectivity index (χ0n) is 10.3. The molecule has 2 rings (SSSR count). The highest BCUT2D eigenvalue weighted by Gasteiger charge is 2.13. The SMILES string of the molecule is COc1cc(Nc2cc(F)c(F)c(F)c2)c(N)cc1F. The molecule has 7 heteroatoms. The summed E-state index contributed by atoms with van der Waals surface area (Å²) in [4.78, 5) is 0. The molecule has 0 spiro atoms. The van der Waals surface area contributed by atoms with Crippen LogP contribution in [-0.2, 0) is 0 Å². The summed E-state index contributed by atoms with van der Waals surface area (Å²) in [7, 11) is 1.26. The van der Waals surface area contributed by atoms with Crippen LogP contribution in [0.3, 0.4) is 0 Å². The van der Waals surface area contributed by atoms with E-state index >= 15 is 0 Å². The standard InChI is InChI=1S/C13H10F4N2O/c1-20-12-5-11(10(18)4-7(12)14)19-6-2-8(15)13(17)9(16)3-6/h2-5,19H,18H2,1H3. The molecule has 2 aromatic carbocycles. The molecule has 2 aromatic rings. The highest BCUT2D eigenvalue weighted by Crippen LogP contribution is 2.31. The van der Waals surface area contributed by atoms with E-state index in [1.165, 1.54) is 13.2 Å². The van der Waals surface area contributed by atoms with E-state index in [1.807, 2.05) is 0 Å². The van der Waals surface area contributed by atoms with Gasteiger partial charge in [0.15, 0.2) is 29.0 Å². The minimum Gasteiger partial charge on any atom is -0.494 e. The lowest BCUT2D eigenvalue weighted by molar-refractivity contribution is 0.387. The summed E-state index contributed by atoms with van der Waals surface area (Å²) in [6, 6.07) is 3.74. The summed E-state index contributed by atoms with van der Waals surface area (Å²) in [5.74, 6) is -5.03. The molecule has 0 saturated carbocycles. The molecule has 3 N–H and O–H groups in total. The molecule has 20 heavy (non-hydrogen) atoms. The quantitative estimate of drug-likeness (QED) is 0.515. The normalized spacial score (nSPS) is 10.4. The van der Waals surface area contributed by atoms with E-state index in [2.05, 4.69) is 5.32 Å². The molecule has 0 heterocycles. The lowest BCUT2D eigenvalue weighted by atomic mass is 10.2. The Bertz CT molecular complexity index is 638. The van der Waals surface area contributed by atoms with E-state index in [1.54, 1.807) is 0 Å². The van der Waals surface area contributed by atoms with Crippen molar-refractivity contribution in [2.45, 2.75) is 0 Å². The summed E-state index contributed by atoms with van der Waals surface area (Å²) in [6.07, 6.45) is 0. The van der Waals surface area contributed by atoms with Gasteiger partial charge in [-0.2, -0.15) is 0 Å². The van der Waals surface area contributed by atoms with Gasteiger partial charge in [-0.3, -0.25) is 0 Å². The third-order valence-corrected chi connectivity index (χ3v) is 2.59. The molecule has 106 valence electrons. The van der Waals surface area contributed by atoms with Gasteiger partial charge in [-0.1, -0.05) is 0 Å². The Morgan fingerprint density at radius 1 is 0.950 bits per heavy atom. The van der Waals surface area contributed by atoms with Gasteiger partial charge >= 0.3 is 0 Å². The molecule has 0 fully saturated rings. The number of methoxy groups -OCH3 is 1. The van der Waals surface area contributed by atoms with Crippen molar-refractivity contribution in [3.05, 3.63) is 47.5 Å². The molecular weight excluding hydrogens is 276 g/mol. The number of rotatable bonds is 3. The van der Waals surface area contributed by atoms with Crippen molar-refractivity contribution in [3.63, 3.8) is 0 Å². The van der Waals surface area contributed by atoms with Crippen molar-refractivity contribution in [1.29, 1.82) is 0 Å². The maximum Gasteiger partial charge on any atom is 0.194 e. The van der Waals surface area contributed by atoms with Crippen LogP contribution in [0.5, 0.6) is 5.75 Å². The lowest BCUT2D eigenvalue weighted by Crippen LogP contribution is -2.01. The van der Waals surface area contributed by atoms with Gasteiger partial charge in [0.05, 0.1) is 18.5 Å². The van der Waals surface area contributed by atoms with Gasteiger partial charge in [0, 0.05) is 30.0 Å². The van der Waals surface area contributed by atoms with Crippen molar-refractivity contribution in [2.75, 3.05) is 18.2 Å². The van der Waals surface area contributed by atoms with Gasteiger partial charge in [-0.15, -0.1) is 0 Å². The summed E-state index contributed by atoms with van der Waals surface area (Å²) < 4.78 is 57.1. The van der Waals surface area contributed by atoms with Crippen LogP contribution >= 0.6 is 0 Å². The lowest BCUT2D eigenvalue weighted by Gasteiger charge is -2.12. The van der Waals surface area contributed by atoms with Crippen LogP contribution in [0.15, 0.2) is 24.3 Å². The van der Waals surface area contributed by atoms with Gasteiger partial charge < -0.3 is 15.8 Å². The summed E-state index contributed by atoms with van der Waals surface area (Å²) in [5, 5.41) is 2.56. The van der Waals surface area contributed by atoms with Crippen molar-refractivity contribution in [1.82, 2.24) is 0 Å². The van der Waals surface area contributed by atoms with Crippen LogP contribution in [0.2, 0.25) is 0 Å². The molecule has 0 radical (unpaired) electrons. The summed E-state index contributed by atoms with van der Waals surface area (Å²) in [6.45, 7) is 0. The number of hydrogen-bond donors (Lipinski definition) is 2. The van der Waals surface area contributed by atoms with Crippen LogP contribution in [0.1, 0.15) is 0 Å². The molecule has 0 atom stereocenters. The minimum atomic E-state index is -1.57. The fourth-order valence-corrected chi connectivity index (χ4v) is 1.62. The number of anilines is 3. The third kappa shape index (κ3) is 2.61. The Labute approximate surface area is 112 Å². The van der Waals surface area contributed by atoms with Gasteiger partial charge in [0.1, 0.15) is 0 Å². The van der Waals surface area contributed by atoms with Gasteiger partial charge in [0.2, 0.25) is 0 Å². The molecule has 0 bridgehead atoms. The maximum atomic E-state index is 13.3. The molecule has 0 amide bonds. The highest BCUT2D eigenvalue weighted by molar-refractivity contribution is 5.74. The molecule has 0 aliphatic carbocycles. The maximum absolute atomic E-state index is 13.3. The van der Waals surface area contributed by atoms with E-state index in [0.29, 0.717) is 0 Å². The fourth-order valence-electron chi connectivity index (χ4n) is 1.62. The van der Waals surface area contributed by atoms with Crippen LogP contribution < -0.4 is 15.8 Å². The Kier molecular flexibility index (Phi) is 3.69. The highest BCUT2D eigenvalue weighted by atomic mass is 19.2. The Balaban J connectivity index is 2.39. The van der Waals surface area contributed by atoms with Gasteiger partial charge in [-0.05, 0) is 0 Å². The zero-order chi connectivity index (χ0) is 14.9. The molecule has 0 saturated heterocycles. The molecular formula is C13H10F4N2O. The second kappa shape index (κ2) is 5.28. The third-order valence-electron chi connectivity index (χ3n) is 2.59. The number of nitrogen functional groups attached to an aromatic ring is 1. The van der Waals surface area contributed by atoms with Crippen LogP contribution in [0.4, 0.5) is 34.6 Å². The Morgan fingerprint density at radius 2 is 1.55 bits per heavy atom. The van der Waals surface area contributed by atoms with Crippen molar-refractivity contribution in [2.24, 2.45) is 0 Å². The number of ether oxygens (including phenoxy) is 1. The van der Waals surface area contributed by atoms with E-state index in [0.717, 1.165) is 18.2 Å². The molecule has 0 aromatic heterocycles. The van der Waals surface area contributed by atoms with Crippen molar-refractivity contribution in [3.8, 4) is 5.75 Å². The van der Waals surface area contributed by atoms with Crippen molar-refractivity contribution < 1.29 is 22.3 Å². The average Bonchev–Trinajstić information content (AvgIpc) is 2.39. The Hall–Kier alpha value is -2.44. The van der Waals surface area contributed by atoms with E-state index in [-0.39, 0.29) is 22.8 Å². The molecule has 0 unspecified atom stereocenters. The number of benzene rings is 2. The smallest absolute Gasteiger partial charge is 0.194 e. The number of hydrogen-bond acceptors (Lipinski definition) is 3. The van der Waals surface area contributed by atoms with Gasteiger partial charge in [0.25, 0.3) is 0 Å². The first-order chi connectivity index (χ1) is 9.42. The fraction of sp³-hybridized carbons (Fsp3) is 0.0769. The van der Waals surface area contributed by atoms with Crippen LogP contribution in [-0.4, -0.2) is 7.11 Å². The van der Waals surface area contributed by atoms with Crippen LogP contribution in [0, 0.1) is 23.3 Å². The first kappa shape index (κ1) is 14.0. The predicted molar refractivity (Wildman–Crippen MR) is 67.0 cm³/mol. The number of nitrogens with one attached hydrogen (secondary N) is 1. The van der Waals surface area contributed by atoms with Gasteiger partial charge in [-0.25, -0.2) is 17.6 Å². The number of halogens is 4. The van der Waals surface area contributed by atoms with E-state index in [4.69, 9.17) is 10.5 Å². The number of nitrogens with two attached hydrogens (primary N) is 1. The second-order valence-electron chi connectivity index (χ2n) is 3.95. The average molecular weight is 286 g/mol. The molecule has 3 nitrogen and oxygen atoms in total. The molecule has 0 aliphatic rings. The monoisotopic (exact) mass is 286 g/mol. The predicted octanol–water partition coefficient (Wildman–Crippen LogP) is 3.58. The summed E-state index contributed by atoms with van der Waals surface area (Å²) >= 11 is 0. The van der Waals surface area contributed by atoms with E-state index in [9.17, 15) is 17.6 Å². The summed E-state index contributed by atoms with van der Waals surface area (Å²) in [5.41, 5.74) is 5.69. The first-order valence-corrected chi connectivity index (χ1v) is 5.47. The Morgan fingerprint density at radius 3 is 2.10 bits per heavy atom. The zero-order valence-corrected chi connectivity index (χ0v) is 10.3. The second-order valence-corrected chi connectivity index (χ2v) is 3.95. The van der Waals surface area contributed by atoms with Crippen molar-refractivity contribution >= 4 is 17.1 Å². The first-order valence-electron chi connectivity index (χ1n) is 5.47. The molecule has 0 aliphatic heterocycles.